The second-order valence-corrected chi connectivity index (χ2v) is 8.26. The monoisotopic (exact) mass is 404 g/mol. The molecular weight excluding hydrogens is 372 g/mol. The summed E-state index contributed by atoms with van der Waals surface area (Å²) in [5.41, 5.74) is 4.61. The molecule has 0 bridgehead atoms. The number of benzene rings is 2. The standard InChI is InChI=1S/C25H32N4O/c1-18-10-11-22-19(2)27-25(28-23(22)17-18)29-15-6-8-21(13-16-29)26-14-12-20-7-4-5-9-24(20)30-3/h4-5,7,9-11,17,21,26H,6,8,12-16H2,1-3H3. The van der Waals surface area contributed by atoms with E-state index in [2.05, 4.69) is 54.4 Å². The molecule has 1 aliphatic heterocycles. The van der Waals surface area contributed by atoms with E-state index in [9.17, 15) is 0 Å². The highest BCUT2D eigenvalue weighted by Gasteiger charge is 2.19. The van der Waals surface area contributed by atoms with Gasteiger partial charge in [-0.2, -0.15) is 0 Å². The maximum absolute atomic E-state index is 5.47. The lowest BCUT2D eigenvalue weighted by atomic mass is 10.1. The van der Waals surface area contributed by atoms with E-state index in [4.69, 9.17) is 14.7 Å². The van der Waals surface area contributed by atoms with E-state index in [0.717, 1.165) is 67.2 Å². The van der Waals surface area contributed by atoms with Gasteiger partial charge in [0.25, 0.3) is 0 Å². The number of aryl methyl sites for hydroxylation is 2. The van der Waals surface area contributed by atoms with Gasteiger partial charge in [-0.25, -0.2) is 9.97 Å². The molecule has 3 aromatic rings. The fraction of sp³-hybridized carbons (Fsp3) is 0.440. The molecule has 2 aromatic carbocycles. The van der Waals surface area contributed by atoms with Gasteiger partial charge in [0.1, 0.15) is 5.75 Å². The number of aromatic nitrogens is 2. The maximum atomic E-state index is 5.47. The molecule has 1 aliphatic rings. The zero-order valence-corrected chi connectivity index (χ0v) is 18.3. The Morgan fingerprint density at radius 1 is 1.07 bits per heavy atom. The van der Waals surface area contributed by atoms with Crippen LogP contribution in [0.25, 0.3) is 10.9 Å². The molecule has 30 heavy (non-hydrogen) atoms. The van der Waals surface area contributed by atoms with Gasteiger partial charge in [0.2, 0.25) is 5.95 Å². The molecular formula is C25H32N4O. The Kier molecular flexibility index (Phi) is 6.48. The highest BCUT2D eigenvalue weighted by molar-refractivity contribution is 5.82. The van der Waals surface area contributed by atoms with E-state index in [1.165, 1.54) is 17.5 Å². The van der Waals surface area contributed by atoms with Crippen molar-refractivity contribution in [1.29, 1.82) is 0 Å². The molecule has 1 saturated heterocycles. The van der Waals surface area contributed by atoms with Crippen LogP contribution in [0.5, 0.6) is 5.75 Å². The summed E-state index contributed by atoms with van der Waals surface area (Å²) in [5.74, 6) is 1.85. The van der Waals surface area contributed by atoms with Gasteiger partial charge >= 0.3 is 0 Å². The minimum atomic E-state index is 0.536. The number of nitrogens with one attached hydrogen (secondary N) is 1. The van der Waals surface area contributed by atoms with Crippen LogP contribution in [0, 0.1) is 13.8 Å². The second-order valence-electron chi connectivity index (χ2n) is 8.26. The first-order valence-corrected chi connectivity index (χ1v) is 11.0. The van der Waals surface area contributed by atoms with Crippen LogP contribution in [-0.2, 0) is 6.42 Å². The third-order valence-electron chi connectivity index (χ3n) is 6.06. The van der Waals surface area contributed by atoms with Crippen LogP contribution in [0.15, 0.2) is 42.5 Å². The summed E-state index contributed by atoms with van der Waals surface area (Å²) < 4.78 is 5.47. The zero-order valence-electron chi connectivity index (χ0n) is 18.3. The Hall–Kier alpha value is -2.66. The number of hydrogen-bond acceptors (Lipinski definition) is 5. The van der Waals surface area contributed by atoms with Crippen LogP contribution >= 0.6 is 0 Å². The molecule has 0 radical (unpaired) electrons. The highest BCUT2D eigenvalue weighted by atomic mass is 16.5. The third-order valence-corrected chi connectivity index (χ3v) is 6.06. The smallest absolute Gasteiger partial charge is 0.226 e. The summed E-state index contributed by atoms with van der Waals surface area (Å²) in [6.07, 6.45) is 4.44. The van der Waals surface area contributed by atoms with Crippen molar-refractivity contribution in [3.63, 3.8) is 0 Å². The summed E-state index contributed by atoms with van der Waals surface area (Å²) in [6.45, 7) is 7.17. The van der Waals surface area contributed by atoms with E-state index in [0.29, 0.717) is 6.04 Å². The molecule has 1 fully saturated rings. The minimum absolute atomic E-state index is 0.536. The molecule has 1 N–H and O–H groups in total. The third kappa shape index (κ3) is 4.73. The van der Waals surface area contributed by atoms with Gasteiger partial charge in [0, 0.05) is 24.5 Å². The van der Waals surface area contributed by atoms with Crippen LogP contribution in [0.3, 0.4) is 0 Å². The summed E-state index contributed by atoms with van der Waals surface area (Å²) in [6, 6.07) is 15.2. The highest BCUT2D eigenvalue weighted by Crippen LogP contribution is 2.23. The topological polar surface area (TPSA) is 50.3 Å². The molecule has 1 aromatic heterocycles. The van der Waals surface area contributed by atoms with Crippen molar-refractivity contribution in [3.05, 3.63) is 59.3 Å². The molecule has 5 heteroatoms. The molecule has 1 unspecified atom stereocenters. The summed E-state index contributed by atoms with van der Waals surface area (Å²) in [4.78, 5) is 12.1. The summed E-state index contributed by atoms with van der Waals surface area (Å²) in [7, 11) is 1.74. The molecule has 5 nitrogen and oxygen atoms in total. The molecule has 0 aliphatic carbocycles. The Morgan fingerprint density at radius 3 is 2.80 bits per heavy atom. The van der Waals surface area contributed by atoms with Crippen molar-refractivity contribution in [2.75, 3.05) is 31.6 Å². The van der Waals surface area contributed by atoms with Crippen LogP contribution in [0.1, 0.15) is 36.1 Å². The largest absolute Gasteiger partial charge is 0.496 e. The number of hydrogen-bond donors (Lipinski definition) is 1. The predicted molar refractivity (Wildman–Crippen MR) is 124 cm³/mol. The number of nitrogens with zero attached hydrogens (tertiary/aromatic N) is 3. The molecule has 158 valence electrons. The van der Waals surface area contributed by atoms with Gasteiger partial charge in [-0.3, -0.25) is 0 Å². The van der Waals surface area contributed by atoms with Crippen molar-refractivity contribution in [2.24, 2.45) is 0 Å². The number of methoxy groups -OCH3 is 1. The van der Waals surface area contributed by atoms with Crippen LogP contribution in [-0.4, -0.2) is 42.8 Å². The van der Waals surface area contributed by atoms with Crippen molar-refractivity contribution in [2.45, 2.75) is 45.6 Å². The fourth-order valence-corrected chi connectivity index (χ4v) is 4.35. The van der Waals surface area contributed by atoms with Gasteiger partial charge < -0.3 is 15.0 Å². The van der Waals surface area contributed by atoms with Gasteiger partial charge in [0.15, 0.2) is 0 Å². The fourth-order valence-electron chi connectivity index (χ4n) is 4.35. The quantitative estimate of drug-likeness (QED) is 0.658. The lowest BCUT2D eigenvalue weighted by Crippen LogP contribution is -2.32. The Bertz CT molecular complexity index is 1000. The predicted octanol–water partition coefficient (Wildman–Crippen LogP) is 4.45. The Morgan fingerprint density at radius 2 is 1.93 bits per heavy atom. The SMILES string of the molecule is COc1ccccc1CCNC1CCCN(c2nc(C)c3ccc(C)cc3n2)CC1. The average molecular weight is 405 g/mol. The van der Waals surface area contributed by atoms with Crippen molar-refractivity contribution >= 4 is 16.9 Å². The van der Waals surface area contributed by atoms with E-state index in [-0.39, 0.29) is 0 Å². The first-order chi connectivity index (χ1) is 14.6. The van der Waals surface area contributed by atoms with E-state index < -0.39 is 0 Å². The molecule has 0 amide bonds. The summed E-state index contributed by atoms with van der Waals surface area (Å²) >= 11 is 0. The molecule has 0 spiro atoms. The van der Waals surface area contributed by atoms with Gasteiger partial charge in [-0.05, 0) is 69.3 Å². The van der Waals surface area contributed by atoms with Gasteiger partial charge in [-0.15, -0.1) is 0 Å². The molecule has 4 rings (SSSR count). The second kappa shape index (κ2) is 9.43. The number of fused-ring (bicyclic) bond motifs is 1. The zero-order chi connectivity index (χ0) is 20.9. The van der Waals surface area contributed by atoms with Crippen molar-refractivity contribution in [1.82, 2.24) is 15.3 Å². The number of para-hydroxylation sites is 1. The normalized spacial score (nSPS) is 17.2. The number of anilines is 1. The lowest BCUT2D eigenvalue weighted by Gasteiger charge is -2.22. The van der Waals surface area contributed by atoms with Crippen LogP contribution in [0.4, 0.5) is 5.95 Å². The number of ether oxygens (including phenoxy) is 1. The number of rotatable bonds is 6. The van der Waals surface area contributed by atoms with Gasteiger partial charge in [0.05, 0.1) is 18.3 Å². The first-order valence-electron chi connectivity index (χ1n) is 11.0. The first kappa shape index (κ1) is 20.6. The molecule has 2 heterocycles. The van der Waals surface area contributed by atoms with E-state index >= 15 is 0 Å². The van der Waals surface area contributed by atoms with Crippen molar-refractivity contribution in [3.8, 4) is 5.75 Å². The average Bonchev–Trinajstić information content (AvgIpc) is 2.99. The lowest BCUT2D eigenvalue weighted by molar-refractivity contribution is 0.407. The van der Waals surface area contributed by atoms with Gasteiger partial charge in [-0.1, -0.05) is 30.3 Å². The van der Waals surface area contributed by atoms with Crippen molar-refractivity contribution < 1.29 is 4.74 Å². The van der Waals surface area contributed by atoms with E-state index in [1.807, 2.05) is 12.1 Å². The van der Waals surface area contributed by atoms with E-state index in [1.54, 1.807) is 7.11 Å². The summed E-state index contributed by atoms with van der Waals surface area (Å²) in [5, 5.41) is 4.91. The van der Waals surface area contributed by atoms with Crippen LogP contribution in [0.2, 0.25) is 0 Å². The molecule has 1 atom stereocenters. The Labute approximate surface area is 179 Å². The molecule has 0 saturated carbocycles. The minimum Gasteiger partial charge on any atom is -0.496 e. The Balaban J connectivity index is 1.36. The maximum Gasteiger partial charge on any atom is 0.226 e. The van der Waals surface area contributed by atoms with Crippen LogP contribution < -0.4 is 15.0 Å².